The average Bonchev–Trinajstić information content (AvgIpc) is 2.47. The Morgan fingerprint density at radius 2 is 2.06 bits per heavy atom. The summed E-state index contributed by atoms with van der Waals surface area (Å²) in [5, 5.41) is 0. The Bertz CT molecular complexity index is 587. The highest BCUT2D eigenvalue weighted by atomic mass is 16.5. The number of rotatable bonds is 2. The molecule has 1 aliphatic carbocycles. The van der Waals surface area contributed by atoms with Gasteiger partial charge in [0.1, 0.15) is 5.75 Å². The largest absolute Gasteiger partial charge is 0.497 e. The monoisotopic (exact) mass is 237 g/mol. The minimum atomic E-state index is 0.934. The second-order valence-electron chi connectivity index (χ2n) is 4.45. The number of pyridine rings is 1. The number of methoxy groups -OCH3 is 1. The maximum atomic E-state index is 5.26. The summed E-state index contributed by atoms with van der Waals surface area (Å²) in [5.41, 5.74) is 5.03. The molecule has 18 heavy (non-hydrogen) atoms. The molecule has 0 unspecified atom stereocenters. The van der Waals surface area contributed by atoms with Gasteiger partial charge < -0.3 is 4.74 Å². The van der Waals surface area contributed by atoms with Crippen molar-refractivity contribution < 1.29 is 4.74 Å². The van der Waals surface area contributed by atoms with Gasteiger partial charge >= 0.3 is 0 Å². The predicted molar refractivity (Wildman–Crippen MR) is 73.4 cm³/mol. The van der Waals surface area contributed by atoms with Crippen molar-refractivity contribution in [2.45, 2.75) is 12.8 Å². The molecule has 1 aliphatic rings. The second kappa shape index (κ2) is 4.65. The van der Waals surface area contributed by atoms with Crippen molar-refractivity contribution in [3.05, 3.63) is 59.4 Å². The maximum Gasteiger partial charge on any atom is 0.119 e. The molecule has 90 valence electrons. The molecule has 0 amide bonds. The van der Waals surface area contributed by atoms with Crippen LogP contribution >= 0.6 is 0 Å². The van der Waals surface area contributed by atoms with E-state index in [2.05, 4.69) is 29.3 Å². The van der Waals surface area contributed by atoms with Crippen molar-refractivity contribution in [3.8, 4) is 5.75 Å². The fourth-order valence-corrected chi connectivity index (χ4v) is 2.35. The molecule has 0 atom stereocenters. The molecule has 0 radical (unpaired) electrons. The van der Waals surface area contributed by atoms with E-state index in [1.807, 2.05) is 24.4 Å². The van der Waals surface area contributed by atoms with Crippen LogP contribution < -0.4 is 4.74 Å². The summed E-state index contributed by atoms with van der Waals surface area (Å²) < 4.78 is 5.26. The third-order valence-corrected chi connectivity index (χ3v) is 3.34. The zero-order chi connectivity index (χ0) is 12.4. The zero-order valence-electron chi connectivity index (χ0n) is 10.4. The highest BCUT2D eigenvalue weighted by Crippen LogP contribution is 2.31. The Kier molecular flexibility index (Phi) is 2.85. The van der Waals surface area contributed by atoms with Gasteiger partial charge in [0.05, 0.1) is 12.8 Å². The Hall–Kier alpha value is -2.09. The molecule has 0 saturated heterocycles. The SMILES string of the molecule is COc1ccc2c(c1)CCC(c1ccccn1)=C2. The molecule has 2 heteroatoms. The molecule has 1 aromatic heterocycles. The van der Waals surface area contributed by atoms with Gasteiger partial charge in [-0.1, -0.05) is 12.1 Å². The van der Waals surface area contributed by atoms with Crippen molar-refractivity contribution in [2.75, 3.05) is 7.11 Å². The van der Waals surface area contributed by atoms with Gasteiger partial charge in [-0.15, -0.1) is 0 Å². The molecule has 0 saturated carbocycles. The smallest absolute Gasteiger partial charge is 0.119 e. The van der Waals surface area contributed by atoms with Gasteiger partial charge in [0.15, 0.2) is 0 Å². The van der Waals surface area contributed by atoms with Gasteiger partial charge in [0.2, 0.25) is 0 Å². The van der Waals surface area contributed by atoms with Crippen molar-refractivity contribution in [1.29, 1.82) is 0 Å². The van der Waals surface area contributed by atoms with Crippen LogP contribution in [0.5, 0.6) is 5.75 Å². The molecule has 2 aromatic rings. The van der Waals surface area contributed by atoms with Crippen LogP contribution in [0.4, 0.5) is 0 Å². The van der Waals surface area contributed by atoms with Crippen LogP contribution in [-0.2, 0) is 6.42 Å². The number of allylic oxidation sites excluding steroid dienone is 1. The Balaban J connectivity index is 1.99. The van der Waals surface area contributed by atoms with E-state index in [-0.39, 0.29) is 0 Å². The Labute approximate surface area is 107 Å². The number of hydrogen-bond donors (Lipinski definition) is 0. The van der Waals surface area contributed by atoms with Crippen LogP contribution in [0.1, 0.15) is 23.2 Å². The van der Waals surface area contributed by atoms with Gasteiger partial charge in [0.25, 0.3) is 0 Å². The first-order valence-electron chi connectivity index (χ1n) is 6.16. The first-order chi connectivity index (χ1) is 8.86. The molecule has 1 heterocycles. The molecule has 2 nitrogen and oxygen atoms in total. The fraction of sp³-hybridized carbons (Fsp3) is 0.188. The Morgan fingerprint density at radius 1 is 1.11 bits per heavy atom. The zero-order valence-corrected chi connectivity index (χ0v) is 10.4. The first-order valence-corrected chi connectivity index (χ1v) is 6.16. The molecule has 0 spiro atoms. The van der Waals surface area contributed by atoms with E-state index < -0.39 is 0 Å². The number of ether oxygens (including phenoxy) is 1. The number of nitrogens with zero attached hydrogens (tertiary/aromatic N) is 1. The third-order valence-electron chi connectivity index (χ3n) is 3.34. The van der Waals surface area contributed by atoms with Gasteiger partial charge in [0, 0.05) is 6.20 Å². The van der Waals surface area contributed by atoms with Crippen molar-refractivity contribution in [1.82, 2.24) is 4.98 Å². The summed E-state index contributed by atoms with van der Waals surface area (Å²) in [6.45, 7) is 0. The highest BCUT2D eigenvalue weighted by Gasteiger charge is 2.12. The molecule has 3 rings (SSSR count). The lowest BCUT2D eigenvalue weighted by molar-refractivity contribution is 0.414. The highest BCUT2D eigenvalue weighted by molar-refractivity contribution is 5.83. The second-order valence-corrected chi connectivity index (χ2v) is 4.45. The normalized spacial score (nSPS) is 13.7. The van der Waals surface area contributed by atoms with Crippen LogP contribution in [0.3, 0.4) is 0 Å². The molecule has 0 N–H and O–H groups in total. The molecule has 0 aliphatic heterocycles. The summed E-state index contributed by atoms with van der Waals surface area (Å²) in [4.78, 5) is 4.42. The van der Waals surface area contributed by atoms with Crippen LogP contribution in [0.25, 0.3) is 11.6 Å². The van der Waals surface area contributed by atoms with E-state index in [1.165, 1.54) is 16.7 Å². The lowest BCUT2D eigenvalue weighted by atomic mass is 9.90. The molecular formula is C16H15NO. The summed E-state index contributed by atoms with van der Waals surface area (Å²) in [5.74, 6) is 0.934. The predicted octanol–water partition coefficient (Wildman–Crippen LogP) is 3.58. The first kappa shape index (κ1) is 11.0. The summed E-state index contributed by atoms with van der Waals surface area (Å²) in [6.07, 6.45) is 6.17. The van der Waals surface area contributed by atoms with Crippen molar-refractivity contribution in [2.24, 2.45) is 0 Å². The summed E-state index contributed by atoms with van der Waals surface area (Å²) in [6, 6.07) is 12.3. The number of hydrogen-bond acceptors (Lipinski definition) is 2. The summed E-state index contributed by atoms with van der Waals surface area (Å²) in [7, 11) is 1.71. The lowest BCUT2D eigenvalue weighted by Gasteiger charge is -2.16. The Morgan fingerprint density at radius 3 is 2.83 bits per heavy atom. The summed E-state index contributed by atoms with van der Waals surface area (Å²) >= 11 is 0. The molecule has 1 aromatic carbocycles. The van der Waals surface area contributed by atoms with E-state index in [0.29, 0.717) is 0 Å². The number of benzene rings is 1. The van der Waals surface area contributed by atoms with Crippen LogP contribution in [0.15, 0.2) is 42.6 Å². The van der Waals surface area contributed by atoms with E-state index in [1.54, 1.807) is 7.11 Å². The van der Waals surface area contributed by atoms with Crippen molar-refractivity contribution >= 4 is 11.6 Å². The number of aryl methyl sites for hydroxylation is 1. The van der Waals surface area contributed by atoms with E-state index in [4.69, 9.17) is 4.74 Å². The topological polar surface area (TPSA) is 22.1 Å². The number of aromatic nitrogens is 1. The quantitative estimate of drug-likeness (QED) is 0.796. The van der Waals surface area contributed by atoms with Gasteiger partial charge in [-0.2, -0.15) is 0 Å². The average molecular weight is 237 g/mol. The standard InChI is InChI=1S/C16H15NO/c1-18-15-8-7-12-10-14(6-5-13(12)11-15)16-4-2-3-9-17-16/h2-4,7-11H,5-6H2,1H3. The van der Waals surface area contributed by atoms with Gasteiger partial charge in [-0.3, -0.25) is 4.98 Å². The number of fused-ring (bicyclic) bond motifs is 1. The maximum absolute atomic E-state index is 5.26. The molecule has 0 bridgehead atoms. The van der Waals surface area contributed by atoms with E-state index in [9.17, 15) is 0 Å². The van der Waals surface area contributed by atoms with Crippen molar-refractivity contribution in [3.63, 3.8) is 0 Å². The third kappa shape index (κ3) is 2.02. The van der Waals surface area contributed by atoms with Crippen LogP contribution in [0, 0.1) is 0 Å². The fourth-order valence-electron chi connectivity index (χ4n) is 2.35. The van der Waals surface area contributed by atoms with Gasteiger partial charge in [-0.05, 0) is 59.9 Å². The molecular weight excluding hydrogens is 222 g/mol. The minimum Gasteiger partial charge on any atom is -0.497 e. The lowest BCUT2D eigenvalue weighted by Crippen LogP contribution is -2.00. The minimum absolute atomic E-state index is 0.934. The van der Waals surface area contributed by atoms with E-state index in [0.717, 1.165) is 24.3 Å². The molecule has 0 fully saturated rings. The van der Waals surface area contributed by atoms with Crippen LogP contribution in [-0.4, -0.2) is 12.1 Å². The van der Waals surface area contributed by atoms with Crippen LogP contribution in [0.2, 0.25) is 0 Å². The van der Waals surface area contributed by atoms with E-state index >= 15 is 0 Å². The van der Waals surface area contributed by atoms with Gasteiger partial charge in [-0.25, -0.2) is 0 Å².